The van der Waals surface area contributed by atoms with Crippen molar-refractivity contribution in [2.45, 2.75) is 44.6 Å². The number of benzene rings is 1. The molecule has 1 saturated heterocycles. The van der Waals surface area contributed by atoms with Crippen LogP contribution in [-0.4, -0.2) is 69.8 Å². The fraction of sp³-hybridized carbons (Fsp3) is 0.538. The first-order chi connectivity index (χ1) is 16.9. The summed E-state index contributed by atoms with van der Waals surface area (Å²) in [5.41, 5.74) is 10.3. The smallest absolute Gasteiger partial charge is 0.264 e. The second kappa shape index (κ2) is 11.3. The lowest BCUT2D eigenvalue weighted by molar-refractivity contribution is 0.151. The summed E-state index contributed by atoms with van der Waals surface area (Å²) in [4.78, 5) is 8.12. The van der Waals surface area contributed by atoms with E-state index in [1.54, 1.807) is 13.1 Å². The summed E-state index contributed by atoms with van der Waals surface area (Å²) in [7, 11) is 3.66. The average molecular weight is 486 g/mol. The van der Waals surface area contributed by atoms with Crippen LogP contribution in [0.15, 0.2) is 34.6 Å². The van der Waals surface area contributed by atoms with E-state index in [2.05, 4.69) is 27.6 Å². The molecule has 1 aromatic rings. The fourth-order valence-electron chi connectivity index (χ4n) is 5.30. The molecule has 0 aromatic heterocycles. The van der Waals surface area contributed by atoms with Crippen LogP contribution in [0.2, 0.25) is 0 Å². The van der Waals surface area contributed by atoms with E-state index in [-0.39, 0.29) is 5.56 Å². The molecule has 0 saturated carbocycles. The minimum atomic E-state index is -2.66. The number of nitrogens with zero attached hydrogens (tertiary/aromatic N) is 3. The number of anilines is 1. The predicted octanol–water partition coefficient (Wildman–Crippen LogP) is 3.29. The Morgan fingerprint density at radius 3 is 2.71 bits per heavy atom. The topological polar surface area (TPSA) is 92.8 Å². The average Bonchev–Trinajstić information content (AvgIpc) is 2.87. The maximum Gasteiger partial charge on any atom is 0.264 e. The number of alkyl halides is 2. The van der Waals surface area contributed by atoms with Gasteiger partial charge < -0.3 is 26.2 Å². The van der Waals surface area contributed by atoms with E-state index in [0.29, 0.717) is 41.8 Å². The summed E-state index contributed by atoms with van der Waals surface area (Å²) in [6, 6.07) is 3.77. The SMILES string of the molecule is CN=C/C(=C\N)c1cc2c(cc1C(F)F)N(C(=N)C1=C(NC3CCNCC3)CCN(C)C1)CCC2. The Morgan fingerprint density at radius 2 is 2.03 bits per heavy atom. The number of likely N-dealkylation sites (N-methyl/N-ethyl adjacent to an activating group) is 1. The van der Waals surface area contributed by atoms with Crippen molar-refractivity contribution in [1.29, 1.82) is 5.41 Å². The van der Waals surface area contributed by atoms with Gasteiger partial charge in [-0.3, -0.25) is 10.4 Å². The molecule has 190 valence electrons. The van der Waals surface area contributed by atoms with Gasteiger partial charge in [0.05, 0.1) is 0 Å². The Kier molecular flexibility index (Phi) is 8.18. The number of aryl methyl sites for hydroxylation is 1. The third kappa shape index (κ3) is 5.56. The first kappa shape index (κ1) is 25.3. The Hall–Kier alpha value is -2.78. The number of hydrogen-bond acceptors (Lipinski definition) is 6. The zero-order valence-electron chi connectivity index (χ0n) is 20.7. The highest BCUT2D eigenvalue weighted by atomic mass is 19.3. The molecule has 0 spiro atoms. The highest BCUT2D eigenvalue weighted by molar-refractivity contribution is 6.12. The molecule has 0 amide bonds. The molecule has 0 unspecified atom stereocenters. The van der Waals surface area contributed by atoms with Crippen LogP contribution in [0.4, 0.5) is 14.5 Å². The van der Waals surface area contributed by atoms with Gasteiger partial charge >= 0.3 is 0 Å². The van der Waals surface area contributed by atoms with Gasteiger partial charge in [0, 0.05) is 79.7 Å². The van der Waals surface area contributed by atoms with Crippen LogP contribution >= 0.6 is 0 Å². The normalized spacial score (nSPS) is 20.6. The van der Waals surface area contributed by atoms with E-state index in [1.807, 2.05) is 11.0 Å². The predicted molar refractivity (Wildman–Crippen MR) is 140 cm³/mol. The van der Waals surface area contributed by atoms with Gasteiger partial charge in [0.25, 0.3) is 6.43 Å². The lowest BCUT2D eigenvalue weighted by Gasteiger charge is -2.38. The number of halogens is 2. The molecular formula is C26H37F2N7. The maximum absolute atomic E-state index is 14.2. The number of allylic oxidation sites excluding steroid dienone is 1. The minimum Gasteiger partial charge on any atom is -0.404 e. The van der Waals surface area contributed by atoms with Gasteiger partial charge in [-0.15, -0.1) is 0 Å². The van der Waals surface area contributed by atoms with Crippen molar-refractivity contribution in [3.05, 3.63) is 46.3 Å². The molecule has 35 heavy (non-hydrogen) atoms. The number of amidine groups is 1. The van der Waals surface area contributed by atoms with Gasteiger partial charge in [-0.25, -0.2) is 8.78 Å². The van der Waals surface area contributed by atoms with E-state index in [4.69, 9.17) is 5.73 Å². The zero-order chi connectivity index (χ0) is 24.9. The summed E-state index contributed by atoms with van der Waals surface area (Å²) in [6.07, 6.45) is 4.78. The minimum absolute atomic E-state index is 0.0807. The second-order valence-corrected chi connectivity index (χ2v) is 9.60. The van der Waals surface area contributed by atoms with Crippen LogP contribution in [0.3, 0.4) is 0 Å². The summed E-state index contributed by atoms with van der Waals surface area (Å²) < 4.78 is 28.4. The number of aliphatic imine (C=N–C) groups is 1. The number of nitrogens with two attached hydrogens (primary N) is 1. The quantitative estimate of drug-likeness (QED) is 0.367. The van der Waals surface area contributed by atoms with Crippen LogP contribution in [0.5, 0.6) is 0 Å². The number of rotatable bonds is 6. The number of hydrogen-bond donors (Lipinski definition) is 4. The molecule has 4 rings (SSSR count). The maximum atomic E-state index is 14.2. The molecule has 0 atom stereocenters. The second-order valence-electron chi connectivity index (χ2n) is 9.60. The van der Waals surface area contributed by atoms with Crippen molar-refractivity contribution in [1.82, 2.24) is 15.5 Å². The third-order valence-corrected chi connectivity index (χ3v) is 7.17. The van der Waals surface area contributed by atoms with Gasteiger partial charge in [0.15, 0.2) is 0 Å². The van der Waals surface area contributed by atoms with Crippen molar-refractivity contribution in [2.24, 2.45) is 10.7 Å². The Morgan fingerprint density at radius 1 is 1.26 bits per heavy atom. The third-order valence-electron chi connectivity index (χ3n) is 7.17. The summed E-state index contributed by atoms with van der Waals surface area (Å²) >= 11 is 0. The Labute approximate surface area is 206 Å². The largest absolute Gasteiger partial charge is 0.404 e. The Balaban J connectivity index is 1.71. The van der Waals surface area contributed by atoms with Gasteiger partial charge in [-0.2, -0.15) is 0 Å². The van der Waals surface area contributed by atoms with Crippen LogP contribution in [0, 0.1) is 5.41 Å². The molecule has 0 bridgehead atoms. The van der Waals surface area contributed by atoms with Gasteiger partial charge in [0.2, 0.25) is 0 Å². The highest BCUT2D eigenvalue weighted by Crippen LogP contribution is 2.37. The summed E-state index contributed by atoms with van der Waals surface area (Å²) in [6.45, 7) is 4.24. The standard InChI is InChI=1S/C26H37F2N7/c1-31-15-18(14-29)20-12-17-4-3-10-35(24(17)13-21(20)25(27)28)26(30)22-16-34(2)11-7-23(22)33-19-5-8-32-9-6-19/h12-15,19,25,30,32-33H,3-11,16,29H2,1-2H3/b18-14+,30-26?,31-15?. The van der Waals surface area contributed by atoms with Crippen molar-refractivity contribution in [3.63, 3.8) is 0 Å². The first-order valence-electron chi connectivity index (χ1n) is 12.5. The molecule has 3 aliphatic rings. The van der Waals surface area contributed by atoms with E-state index >= 15 is 0 Å². The number of fused-ring (bicyclic) bond motifs is 1. The monoisotopic (exact) mass is 485 g/mol. The number of nitrogens with one attached hydrogen (secondary N) is 3. The first-order valence-corrected chi connectivity index (χ1v) is 12.5. The van der Waals surface area contributed by atoms with E-state index in [1.165, 1.54) is 12.4 Å². The van der Waals surface area contributed by atoms with E-state index in [0.717, 1.165) is 68.6 Å². The van der Waals surface area contributed by atoms with E-state index in [9.17, 15) is 14.2 Å². The molecule has 7 nitrogen and oxygen atoms in total. The molecule has 3 heterocycles. The highest BCUT2D eigenvalue weighted by Gasteiger charge is 2.30. The van der Waals surface area contributed by atoms with Crippen molar-refractivity contribution in [3.8, 4) is 0 Å². The lowest BCUT2D eigenvalue weighted by Crippen LogP contribution is -2.45. The Bertz CT molecular complexity index is 1020. The van der Waals surface area contributed by atoms with Crippen molar-refractivity contribution >= 4 is 23.3 Å². The summed E-state index contributed by atoms with van der Waals surface area (Å²) in [5, 5.41) is 16.3. The van der Waals surface area contributed by atoms with Crippen LogP contribution in [0.25, 0.3) is 5.57 Å². The van der Waals surface area contributed by atoms with Crippen LogP contribution in [0.1, 0.15) is 48.8 Å². The number of piperidine rings is 1. The van der Waals surface area contributed by atoms with Crippen molar-refractivity contribution in [2.75, 3.05) is 51.7 Å². The molecule has 5 N–H and O–H groups in total. The molecule has 0 aliphatic carbocycles. The van der Waals surface area contributed by atoms with Crippen molar-refractivity contribution < 1.29 is 8.78 Å². The van der Waals surface area contributed by atoms with Crippen LogP contribution in [-0.2, 0) is 6.42 Å². The zero-order valence-corrected chi connectivity index (χ0v) is 20.7. The lowest BCUT2D eigenvalue weighted by atomic mass is 9.91. The molecule has 9 heteroatoms. The van der Waals surface area contributed by atoms with Gasteiger partial charge in [-0.05, 0) is 69.1 Å². The van der Waals surface area contributed by atoms with Gasteiger partial charge in [-0.1, -0.05) is 0 Å². The van der Waals surface area contributed by atoms with Gasteiger partial charge in [0.1, 0.15) is 5.84 Å². The molecule has 1 fully saturated rings. The molecule has 1 aromatic carbocycles. The van der Waals surface area contributed by atoms with E-state index < -0.39 is 6.43 Å². The molecule has 3 aliphatic heterocycles. The van der Waals surface area contributed by atoms with Crippen LogP contribution < -0.4 is 21.3 Å². The fourth-order valence-corrected chi connectivity index (χ4v) is 5.30. The molecule has 0 radical (unpaired) electrons. The summed E-state index contributed by atoms with van der Waals surface area (Å²) in [5.74, 6) is 0.409. The molecular weight excluding hydrogens is 448 g/mol.